The van der Waals surface area contributed by atoms with Crippen LogP contribution >= 0.6 is 84.9 Å². The lowest BCUT2D eigenvalue weighted by atomic mass is 10.5. The van der Waals surface area contributed by atoms with Crippen LogP contribution in [0.1, 0.15) is 20.8 Å². The van der Waals surface area contributed by atoms with Gasteiger partial charge in [-0.25, -0.2) is 0 Å². The maximum atomic E-state index is 4.46. The summed E-state index contributed by atoms with van der Waals surface area (Å²) in [6, 6.07) is 0. The fraction of sp³-hybridized carbons (Fsp3) is 1.00. The van der Waals surface area contributed by atoms with Gasteiger partial charge in [0, 0.05) is 61.3 Å². The summed E-state index contributed by atoms with van der Waals surface area (Å²) in [5.74, 6) is 8.46. The highest BCUT2D eigenvalue weighted by molar-refractivity contribution is 8.06. The Kier molecular flexibility index (Phi) is 17.8. The summed E-state index contributed by atoms with van der Waals surface area (Å²) in [5.41, 5.74) is 0. The van der Waals surface area contributed by atoms with Crippen molar-refractivity contribution < 1.29 is 0 Å². The van der Waals surface area contributed by atoms with E-state index in [1.54, 1.807) is 0 Å². The Morgan fingerprint density at radius 1 is 0.619 bits per heavy atom. The van der Waals surface area contributed by atoms with E-state index in [9.17, 15) is 0 Å². The first-order valence-corrected chi connectivity index (χ1v) is 13.4. The van der Waals surface area contributed by atoms with Crippen LogP contribution in [0.15, 0.2) is 0 Å². The fourth-order valence-electron chi connectivity index (χ4n) is 1.41. The molecule has 0 aliphatic carbocycles. The molecule has 0 saturated heterocycles. The lowest BCUT2D eigenvalue weighted by Gasteiger charge is -2.17. The van der Waals surface area contributed by atoms with Crippen molar-refractivity contribution in [1.82, 2.24) is 0 Å². The van der Waals surface area contributed by atoms with Crippen LogP contribution in [0.5, 0.6) is 0 Å². The number of rotatable bonds is 14. The summed E-state index contributed by atoms with van der Waals surface area (Å²) in [6.45, 7) is 6.51. The standard InChI is InChI=1S/C14H30S7/c1-11(15)6-18-4-5-21-14(9-19-7-12(2)16)10-20-8-13(3)17/h11-17H,4-10H2,1-3H3. The third-order valence-electron chi connectivity index (χ3n) is 2.27. The second-order valence-corrected chi connectivity index (χ2v) is 12.5. The van der Waals surface area contributed by atoms with Crippen LogP contribution in [0, 0.1) is 0 Å². The fourth-order valence-corrected chi connectivity index (χ4v) is 7.27. The third-order valence-corrected chi connectivity index (χ3v) is 9.46. The molecule has 7 heteroatoms. The van der Waals surface area contributed by atoms with E-state index in [1.165, 1.54) is 23.0 Å². The minimum Gasteiger partial charge on any atom is -0.175 e. The van der Waals surface area contributed by atoms with Crippen molar-refractivity contribution in [3.05, 3.63) is 0 Å². The van der Waals surface area contributed by atoms with Gasteiger partial charge in [-0.2, -0.15) is 84.9 Å². The van der Waals surface area contributed by atoms with Crippen molar-refractivity contribution in [2.24, 2.45) is 0 Å². The molecule has 0 heterocycles. The molecule has 0 aromatic carbocycles. The van der Waals surface area contributed by atoms with Gasteiger partial charge in [0.25, 0.3) is 0 Å². The summed E-state index contributed by atoms with van der Waals surface area (Å²) in [6.07, 6.45) is 0. The molecule has 0 radical (unpaired) electrons. The second kappa shape index (κ2) is 15.9. The maximum Gasteiger partial charge on any atom is 0.0229 e. The van der Waals surface area contributed by atoms with Gasteiger partial charge in [0.1, 0.15) is 0 Å². The number of thiol groups is 3. The van der Waals surface area contributed by atoms with Gasteiger partial charge in [-0.1, -0.05) is 20.8 Å². The molecular weight excluding hydrogens is 393 g/mol. The van der Waals surface area contributed by atoms with Crippen LogP contribution in [0.4, 0.5) is 0 Å². The van der Waals surface area contributed by atoms with Crippen LogP contribution < -0.4 is 0 Å². The SMILES string of the molecule is CC(S)CSCCSC(CSCC(C)S)CSCC(C)S. The normalized spacial score (nSPS) is 17.4. The zero-order chi connectivity index (χ0) is 16.1. The average Bonchev–Trinajstić information content (AvgIpc) is 2.36. The second-order valence-electron chi connectivity index (χ2n) is 5.19. The van der Waals surface area contributed by atoms with Crippen molar-refractivity contribution in [3.8, 4) is 0 Å². The highest BCUT2D eigenvalue weighted by atomic mass is 32.2. The van der Waals surface area contributed by atoms with Crippen molar-refractivity contribution >= 4 is 84.9 Å². The van der Waals surface area contributed by atoms with Crippen LogP contribution in [0.3, 0.4) is 0 Å². The Morgan fingerprint density at radius 3 is 1.48 bits per heavy atom. The van der Waals surface area contributed by atoms with Crippen molar-refractivity contribution in [2.45, 2.75) is 41.8 Å². The quantitative estimate of drug-likeness (QED) is 0.258. The first-order valence-electron chi connectivity index (χ1n) is 7.30. The molecule has 0 nitrogen and oxygen atoms in total. The summed E-state index contributed by atoms with van der Waals surface area (Å²) in [5, 5.41) is 2.26. The number of hydrogen-bond acceptors (Lipinski definition) is 7. The first-order chi connectivity index (χ1) is 9.91. The molecule has 0 rings (SSSR count). The molecule has 21 heavy (non-hydrogen) atoms. The predicted octanol–water partition coefficient (Wildman–Crippen LogP) is 5.24. The molecule has 0 N–H and O–H groups in total. The van der Waals surface area contributed by atoms with Crippen LogP contribution in [-0.4, -0.2) is 61.3 Å². The van der Waals surface area contributed by atoms with E-state index >= 15 is 0 Å². The molecule has 0 spiro atoms. The Bertz CT molecular complexity index is 207. The van der Waals surface area contributed by atoms with Crippen LogP contribution in [0.25, 0.3) is 0 Å². The Labute approximate surface area is 165 Å². The zero-order valence-electron chi connectivity index (χ0n) is 13.2. The molecule has 128 valence electrons. The van der Waals surface area contributed by atoms with Gasteiger partial charge < -0.3 is 0 Å². The lowest BCUT2D eigenvalue weighted by molar-refractivity contribution is 1.10. The highest BCUT2D eigenvalue weighted by Crippen LogP contribution is 2.24. The van der Waals surface area contributed by atoms with E-state index in [0.717, 1.165) is 22.5 Å². The average molecular weight is 423 g/mol. The molecular formula is C14H30S7. The van der Waals surface area contributed by atoms with Gasteiger partial charge in [-0.05, 0) is 0 Å². The smallest absolute Gasteiger partial charge is 0.0229 e. The monoisotopic (exact) mass is 422 g/mol. The molecule has 0 aliphatic rings. The molecule has 3 unspecified atom stereocenters. The molecule has 0 bridgehead atoms. The number of thioether (sulfide) groups is 4. The van der Waals surface area contributed by atoms with E-state index in [0.29, 0.717) is 15.7 Å². The Hall–Kier alpha value is 2.45. The summed E-state index contributed by atoms with van der Waals surface area (Å²) in [4.78, 5) is 0. The third kappa shape index (κ3) is 18.6. The molecule has 0 fully saturated rings. The minimum absolute atomic E-state index is 0.498. The molecule has 0 aromatic heterocycles. The van der Waals surface area contributed by atoms with Crippen LogP contribution in [0.2, 0.25) is 0 Å². The van der Waals surface area contributed by atoms with Crippen molar-refractivity contribution in [3.63, 3.8) is 0 Å². The Morgan fingerprint density at radius 2 is 1.05 bits per heavy atom. The van der Waals surface area contributed by atoms with Crippen LogP contribution in [-0.2, 0) is 0 Å². The minimum atomic E-state index is 0.498. The van der Waals surface area contributed by atoms with Gasteiger partial charge in [0.15, 0.2) is 0 Å². The first kappa shape index (κ1) is 23.4. The molecule has 0 saturated carbocycles. The van der Waals surface area contributed by atoms with E-state index in [4.69, 9.17) is 0 Å². The largest absolute Gasteiger partial charge is 0.175 e. The zero-order valence-corrected chi connectivity index (χ0v) is 19.2. The topological polar surface area (TPSA) is 0 Å². The molecule has 3 atom stereocenters. The van der Waals surface area contributed by atoms with Gasteiger partial charge in [-0.3, -0.25) is 0 Å². The van der Waals surface area contributed by atoms with Gasteiger partial charge in [0.05, 0.1) is 0 Å². The van der Waals surface area contributed by atoms with E-state index in [1.807, 2.05) is 35.3 Å². The number of hydrogen-bond donors (Lipinski definition) is 3. The Balaban J connectivity index is 3.82. The van der Waals surface area contributed by atoms with Crippen molar-refractivity contribution in [1.29, 1.82) is 0 Å². The summed E-state index contributed by atoms with van der Waals surface area (Å²) < 4.78 is 0. The van der Waals surface area contributed by atoms with Gasteiger partial charge in [-0.15, -0.1) is 0 Å². The van der Waals surface area contributed by atoms with E-state index in [2.05, 4.69) is 70.4 Å². The summed E-state index contributed by atoms with van der Waals surface area (Å²) >= 11 is 21.6. The highest BCUT2D eigenvalue weighted by Gasteiger charge is 2.11. The van der Waals surface area contributed by atoms with E-state index < -0.39 is 0 Å². The predicted molar refractivity (Wildman–Crippen MR) is 124 cm³/mol. The molecule has 0 aromatic rings. The van der Waals surface area contributed by atoms with Gasteiger partial charge in [0.2, 0.25) is 0 Å². The van der Waals surface area contributed by atoms with Gasteiger partial charge >= 0.3 is 0 Å². The van der Waals surface area contributed by atoms with Crippen molar-refractivity contribution in [2.75, 3.05) is 40.3 Å². The molecule has 0 aliphatic heterocycles. The summed E-state index contributed by atoms with van der Waals surface area (Å²) in [7, 11) is 0. The maximum absolute atomic E-state index is 4.46. The lowest BCUT2D eigenvalue weighted by Crippen LogP contribution is -2.14. The van der Waals surface area contributed by atoms with E-state index in [-0.39, 0.29) is 0 Å². The molecule has 0 amide bonds.